The van der Waals surface area contributed by atoms with Crippen LogP contribution in [0.25, 0.3) is 0 Å². The lowest BCUT2D eigenvalue weighted by Gasteiger charge is -2.38. The molecule has 2 aromatic rings. The number of likely N-dealkylation sites (N-methyl/N-ethyl adjacent to an activating group) is 1. The zero-order chi connectivity index (χ0) is 20.1. The van der Waals surface area contributed by atoms with Gasteiger partial charge in [0.1, 0.15) is 5.82 Å². The Morgan fingerprint density at radius 1 is 1.18 bits per heavy atom. The van der Waals surface area contributed by atoms with Crippen LogP contribution in [0.1, 0.15) is 24.1 Å². The van der Waals surface area contributed by atoms with E-state index < -0.39 is 0 Å². The third kappa shape index (κ3) is 4.84. The molecule has 0 radical (unpaired) electrons. The van der Waals surface area contributed by atoms with Crippen molar-refractivity contribution in [1.29, 1.82) is 0 Å². The molecule has 3 rings (SSSR count). The predicted octanol–water partition coefficient (Wildman–Crippen LogP) is 2.53. The maximum Gasteiger partial charge on any atom is 0.222 e. The van der Waals surface area contributed by atoms with Crippen LogP contribution in [0.15, 0.2) is 24.3 Å². The van der Waals surface area contributed by atoms with Gasteiger partial charge in [-0.05, 0) is 50.9 Å². The van der Waals surface area contributed by atoms with Crippen molar-refractivity contribution in [3.8, 4) is 11.5 Å². The molecular weight excluding hydrogens is 354 g/mol. The van der Waals surface area contributed by atoms with Crippen LogP contribution in [0.3, 0.4) is 0 Å². The summed E-state index contributed by atoms with van der Waals surface area (Å²) in [6.07, 6.45) is 3.31. The van der Waals surface area contributed by atoms with Gasteiger partial charge < -0.3 is 25.0 Å². The second-order valence-corrected chi connectivity index (χ2v) is 7.39. The SMILES string of the molecule is COc1ccc(CCN(C)[C@H]2CCCN(c3cc(C)nc(N)n3)C2)cc1OC. The summed E-state index contributed by atoms with van der Waals surface area (Å²) in [6, 6.07) is 8.65. The average molecular weight is 386 g/mol. The second kappa shape index (κ2) is 9.10. The number of methoxy groups -OCH3 is 2. The first kappa shape index (κ1) is 20.2. The van der Waals surface area contributed by atoms with Crippen molar-refractivity contribution < 1.29 is 9.47 Å². The molecule has 0 bridgehead atoms. The minimum Gasteiger partial charge on any atom is -0.493 e. The molecule has 7 heteroatoms. The van der Waals surface area contributed by atoms with Gasteiger partial charge in [-0.1, -0.05) is 6.07 Å². The number of anilines is 2. The van der Waals surface area contributed by atoms with Gasteiger partial charge in [-0.3, -0.25) is 0 Å². The van der Waals surface area contributed by atoms with Gasteiger partial charge in [0, 0.05) is 37.4 Å². The van der Waals surface area contributed by atoms with Crippen molar-refractivity contribution in [1.82, 2.24) is 14.9 Å². The fourth-order valence-electron chi connectivity index (χ4n) is 3.78. The molecule has 1 aromatic carbocycles. The predicted molar refractivity (Wildman–Crippen MR) is 112 cm³/mol. The first-order chi connectivity index (χ1) is 13.5. The number of piperidine rings is 1. The quantitative estimate of drug-likeness (QED) is 0.785. The fourth-order valence-corrected chi connectivity index (χ4v) is 3.78. The minimum absolute atomic E-state index is 0.346. The summed E-state index contributed by atoms with van der Waals surface area (Å²) in [7, 11) is 5.54. The molecular formula is C21H31N5O2. The highest BCUT2D eigenvalue weighted by Crippen LogP contribution is 2.28. The highest BCUT2D eigenvalue weighted by atomic mass is 16.5. The van der Waals surface area contributed by atoms with Gasteiger partial charge in [-0.15, -0.1) is 0 Å². The van der Waals surface area contributed by atoms with E-state index in [1.165, 1.54) is 12.0 Å². The van der Waals surface area contributed by atoms with Crippen LogP contribution in [0.2, 0.25) is 0 Å². The normalized spacial score (nSPS) is 17.0. The van der Waals surface area contributed by atoms with E-state index >= 15 is 0 Å². The standard InChI is InChI=1S/C21H31N5O2/c1-15-12-20(24-21(22)23-15)26-10-5-6-17(14-26)25(2)11-9-16-7-8-18(27-3)19(13-16)28-4/h7-8,12-13,17H,5-6,9-11,14H2,1-4H3,(H2,22,23,24)/t17-/m0/s1. The average Bonchev–Trinajstić information content (AvgIpc) is 2.71. The first-order valence-electron chi connectivity index (χ1n) is 9.77. The number of nitrogens with two attached hydrogens (primary N) is 1. The number of aryl methyl sites for hydroxylation is 1. The van der Waals surface area contributed by atoms with Crippen LogP contribution >= 0.6 is 0 Å². The van der Waals surface area contributed by atoms with E-state index in [0.717, 1.165) is 55.5 Å². The molecule has 2 heterocycles. The molecule has 1 atom stereocenters. The Morgan fingerprint density at radius 2 is 1.96 bits per heavy atom. The summed E-state index contributed by atoms with van der Waals surface area (Å²) in [5.74, 6) is 2.83. The van der Waals surface area contributed by atoms with Gasteiger partial charge >= 0.3 is 0 Å². The highest BCUT2D eigenvalue weighted by Gasteiger charge is 2.24. The summed E-state index contributed by atoms with van der Waals surface area (Å²) in [6.45, 7) is 4.91. The Hall–Kier alpha value is -2.54. The third-order valence-corrected chi connectivity index (χ3v) is 5.40. The number of nitrogens with zero attached hydrogens (tertiary/aromatic N) is 4. The van der Waals surface area contributed by atoms with Gasteiger partial charge in [0.15, 0.2) is 11.5 Å². The number of aromatic nitrogens is 2. The van der Waals surface area contributed by atoms with Gasteiger partial charge in [0.2, 0.25) is 5.95 Å². The van der Waals surface area contributed by atoms with Crippen LogP contribution in [0.4, 0.5) is 11.8 Å². The zero-order valence-corrected chi connectivity index (χ0v) is 17.3. The van der Waals surface area contributed by atoms with E-state index in [4.69, 9.17) is 15.2 Å². The van der Waals surface area contributed by atoms with Crippen molar-refractivity contribution in [3.63, 3.8) is 0 Å². The van der Waals surface area contributed by atoms with Crippen molar-refractivity contribution in [2.75, 3.05) is 51.5 Å². The number of hydrogen-bond donors (Lipinski definition) is 1. The second-order valence-electron chi connectivity index (χ2n) is 7.39. The summed E-state index contributed by atoms with van der Waals surface area (Å²) in [4.78, 5) is 13.4. The van der Waals surface area contributed by atoms with Gasteiger partial charge in [0.25, 0.3) is 0 Å². The maximum atomic E-state index is 5.84. The van der Waals surface area contributed by atoms with E-state index in [-0.39, 0.29) is 0 Å². The third-order valence-electron chi connectivity index (χ3n) is 5.40. The molecule has 0 unspecified atom stereocenters. The molecule has 0 amide bonds. The van der Waals surface area contributed by atoms with Crippen LogP contribution < -0.4 is 20.1 Å². The molecule has 1 aliphatic heterocycles. The molecule has 2 N–H and O–H groups in total. The largest absolute Gasteiger partial charge is 0.493 e. The van der Waals surface area contributed by atoms with Gasteiger partial charge in [0.05, 0.1) is 14.2 Å². The number of nitrogen functional groups attached to an aromatic ring is 1. The molecule has 1 saturated heterocycles. The van der Waals surface area contributed by atoms with Gasteiger partial charge in [-0.2, -0.15) is 4.98 Å². The molecule has 1 fully saturated rings. The van der Waals surface area contributed by atoms with Crippen LogP contribution in [-0.4, -0.2) is 61.8 Å². The monoisotopic (exact) mass is 385 g/mol. The number of hydrogen-bond acceptors (Lipinski definition) is 7. The molecule has 1 aromatic heterocycles. The summed E-state index contributed by atoms with van der Waals surface area (Å²) in [5, 5.41) is 0. The Labute approximate surface area is 167 Å². The smallest absolute Gasteiger partial charge is 0.222 e. The van der Waals surface area contributed by atoms with E-state index in [1.54, 1.807) is 14.2 Å². The maximum absolute atomic E-state index is 5.84. The topological polar surface area (TPSA) is 76.7 Å². The Bertz CT molecular complexity index is 778. The van der Waals surface area contributed by atoms with Crippen LogP contribution in [-0.2, 0) is 6.42 Å². The molecule has 0 spiro atoms. The van der Waals surface area contributed by atoms with E-state index in [1.807, 2.05) is 19.1 Å². The number of benzene rings is 1. The van der Waals surface area contributed by atoms with Gasteiger partial charge in [-0.25, -0.2) is 4.98 Å². The summed E-state index contributed by atoms with van der Waals surface area (Å²) >= 11 is 0. The highest BCUT2D eigenvalue weighted by molar-refractivity contribution is 5.44. The van der Waals surface area contributed by atoms with Crippen LogP contribution in [0, 0.1) is 6.92 Å². The van der Waals surface area contributed by atoms with E-state index in [0.29, 0.717) is 12.0 Å². The van der Waals surface area contributed by atoms with Crippen LogP contribution in [0.5, 0.6) is 11.5 Å². The van der Waals surface area contributed by atoms with Crippen molar-refractivity contribution in [2.45, 2.75) is 32.2 Å². The summed E-state index contributed by atoms with van der Waals surface area (Å²) in [5.41, 5.74) is 7.99. The van der Waals surface area contributed by atoms with Crippen molar-refractivity contribution >= 4 is 11.8 Å². The number of ether oxygens (including phenoxy) is 2. The van der Waals surface area contributed by atoms with E-state index in [2.05, 4.69) is 38.9 Å². The molecule has 152 valence electrons. The number of rotatable bonds is 7. The first-order valence-corrected chi connectivity index (χ1v) is 9.77. The minimum atomic E-state index is 0.346. The molecule has 7 nitrogen and oxygen atoms in total. The fraction of sp³-hybridized carbons (Fsp3) is 0.524. The lowest BCUT2D eigenvalue weighted by atomic mass is 10.0. The lowest BCUT2D eigenvalue weighted by molar-refractivity contribution is 0.217. The molecule has 0 aliphatic carbocycles. The summed E-state index contributed by atoms with van der Waals surface area (Å²) < 4.78 is 10.7. The van der Waals surface area contributed by atoms with Crippen molar-refractivity contribution in [3.05, 3.63) is 35.5 Å². The van der Waals surface area contributed by atoms with Crippen molar-refractivity contribution in [2.24, 2.45) is 0 Å². The molecule has 0 saturated carbocycles. The lowest BCUT2D eigenvalue weighted by Crippen LogP contribution is -2.47. The Balaban J connectivity index is 1.60. The molecule has 1 aliphatic rings. The Morgan fingerprint density at radius 3 is 2.68 bits per heavy atom. The van der Waals surface area contributed by atoms with E-state index in [9.17, 15) is 0 Å². The Kier molecular flexibility index (Phi) is 6.57. The zero-order valence-electron chi connectivity index (χ0n) is 17.3. The molecule has 28 heavy (non-hydrogen) atoms.